The number of methoxy groups -OCH3 is 1. The number of nitrogens with one attached hydrogen (secondary N) is 1. The third-order valence-corrected chi connectivity index (χ3v) is 6.43. The van der Waals surface area contributed by atoms with Gasteiger partial charge in [0.2, 0.25) is 5.91 Å². The molecule has 1 saturated heterocycles. The van der Waals surface area contributed by atoms with E-state index in [1.54, 1.807) is 37.1 Å². The number of benzene rings is 2. The van der Waals surface area contributed by atoms with Gasteiger partial charge in [0, 0.05) is 31.1 Å². The van der Waals surface area contributed by atoms with Crippen molar-refractivity contribution in [1.82, 2.24) is 15.4 Å². The van der Waals surface area contributed by atoms with Crippen LogP contribution in [0.25, 0.3) is 11.3 Å². The van der Waals surface area contributed by atoms with Crippen molar-refractivity contribution in [3.63, 3.8) is 0 Å². The molecule has 9 heteroatoms. The molecule has 4 rings (SSSR count). The highest BCUT2D eigenvalue weighted by molar-refractivity contribution is 5.96. The molecule has 1 unspecified atom stereocenters. The standard InChI is InChI=1S/C28H31N3O6/c1-3-36-28(34)21-13-15-31(16-14-21)27(33)24(17-19-7-5-4-6-8-19)29-26(32)23-18-25(37-30-23)20-9-11-22(35-2)12-10-20/h4-12,18,21,24H,3,13-17H2,1-2H3,(H,29,32). The Labute approximate surface area is 215 Å². The van der Waals surface area contributed by atoms with Gasteiger partial charge >= 0.3 is 5.97 Å². The van der Waals surface area contributed by atoms with Crippen molar-refractivity contribution in [3.8, 4) is 17.1 Å². The summed E-state index contributed by atoms with van der Waals surface area (Å²) in [4.78, 5) is 40.4. The molecule has 0 bridgehead atoms. The molecular weight excluding hydrogens is 474 g/mol. The highest BCUT2D eigenvalue weighted by Crippen LogP contribution is 2.24. The lowest BCUT2D eigenvalue weighted by molar-refractivity contribution is -0.151. The number of aromatic nitrogens is 1. The average molecular weight is 506 g/mol. The second-order valence-electron chi connectivity index (χ2n) is 8.87. The molecule has 2 amide bonds. The molecule has 2 aromatic carbocycles. The van der Waals surface area contributed by atoms with E-state index in [-0.39, 0.29) is 23.5 Å². The molecule has 194 valence electrons. The smallest absolute Gasteiger partial charge is 0.309 e. The Morgan fingerprint density at radius 3 is 2.43 bits per heavy atom. The van der Waals surface area contributed by atoms with Crippen LogP contribution in [0, 0.1) is 5.92 Å². The van der Waals surface area contributed by atoms with Crippen molar-refractivity contribution >= 4 is 17.8 Å². The number of rotatable bonds is 9. The number of hydrogen-bond donors (Lipinski definition) is 1. The Bertz CT molecular complexity index is 1200. The molecule has 1 aliphatic heterocycles. The molecule has 3 aromatic rings. The first-order chi connectivity index (χ1) is 18.0. The molecule has 1 aromatic heterocycles. The SMILES string of the molecule is CCOC(=O)C1CCN(C(=O)C(Cc2ccccc2)NC(=O)c2cc(-c3ccc(OC)cc3)on2)CC1. The molecule has 2 heterocycles. The van der Waals surface area contributed by atoms with Crippen LogP contribution >= 0.6 is 0 Å². The van der Waals surface area contributed by atoms with Gasteiger partial charge < -0.3 is 24.2 Å². The van der Waals surface area contributed by atoms with Crippen LogP contribution in [0.4, 0.5) is 0 Å². The number of hydrogen-bond acceptors (Lipinski definition) is 7. The topological polar surface area (TPSA) is 111 Å². The van der Waals surface area contributed by atoms with E-state index >= 15 is 0 Å². The first kappa shape index (κ1) is 25.9. The molecule has 0 spiro atoms. The van der Waals surface area contributed by atoms with E-state index in [2.05, 4.69) is 10.5 Å². The van der Waals surface area contributed by atoms with E-state index in [1.165, 1.54) is 0 Å². The lowest BCUT2D eigenvalue weighted by Crippen LogP contribution is -2.52. The number of piperidine rings is 1. The predicted octanol–water partition coefficient (Wildman–Crippen LogP) is 3.49. The van der Waals surface area contributed by atoms with Gasteiger partial charge in [-0.1, -0.05) is 35.5 Å². The van der Waals surface area contributed by atoms with Gasteiger partial charge in [0.25, 0.3) is 5.91 Å². The summed E-state index contributed by atoms with van der Waals surface area (Å²) >= 11 is 0. The molecule has 1 N–H and O–H groups in total. The van der Waals surface area contributed by atoms with Crippen LogP contribution in [0.3, 0.4) is 0 Å². The van der Waals surface area contributed by atoms with Crippen molar-refractivity contribution < 1.29 is 28.4 Å². The highest BCUT2D eigenvalue weighted by atomic mass is 16.5. The first-order valence-electron chi connectivity index (χ1n) is 12.4. The van der Waals surface area contributed by atoms with Crippen LogP contribution in [0.5, 0.6) is 5.75 Å². The highest BCUT2D eigenvalue weighted by Gasteiger charge is 2.32. The second-order valence-corrected chi connectivity index (χ2v) is 8.87. The normalized spacial score (nSPS) is 14.6. The minimum atomic E-state index is -0.796. The summed E-state index contributed by atoms with van der Waals surface area (Å²) in [6.45, 7) is 2.97. The summed E-state index contributed by atoms with van der Waals surface area (Å²) in [5.74, 6) is 0.00672. The van der Waals surface area contributed by atoms with Gasteiger partial charge in [-0.05, 0) is 49.6 Å². The van der Waals surface area contributed by atoms with Gasteiger partial charge in [0.15, 0.2) is 11.5 Å². The Balaban J connectivity index is 1.46. The number of likely N-dealkylation sites (tertiary alicyclic amines) is 1. The molecule has 9 nitrogen and oxygen atoms in total. The fourth-order valence-electron chi connectivity index (χ4n) is 4.37. The van der Waals surface area contributed by atoms with E-state index in [9.17, 15) is 14.4 Å². The average Bonchev–Trinajstić information content (AvgIpc) is 3.44. The van der Waals surface area contributed by atoms with E-state index in [0.717, 1.165) is 11.1 Å². The zero-order valence-corrected chi connectivity index (χ0v) is 21.0. The largest absolute Gasteiger partial charge is 0.497 e. The minimum Gasteiger partial charge on any atom is -0.497 e. The lowest BCUT2D eigenvalue weighted by atomic mass is 9.95. The zero-order valence-electron chi connectivity index (χ0n) is 21.0. The van der Waals surface area contributed by atoms with Crippen LogP contribution in [0.15, 0.2) is 65.2 Å². The molecule has 0 saturated carbocycles. The van der Waals surface area contributed by atoms with Gasteiger partial charge in [-0.3, -0.25) is 14.4 Å². The summed E-state index contributed by atoms with van der Waals surface area (Å²) < 4.78 is 15.7. The maximum atomic E-state index is 13.5. The van der Waals surface area contributed by atoms with E-state index < -0.39 is 11.9 Å². The third kappa shape index (κ3) is 6.55. The van der Waals surface area contributed by atoms with Crippen LogP contribution in [-0.2, 0) is 20.7 Å². The van der Waals surface area contributed by atoms with Crippen molar-refractivity contribution in [3.05, 3.63) is 71.9 Å². The number of nitrogens with zero attached hydrogens (tertiary/aromatic N) is 2. The van der Waals surface area contributed by atoms with Crippen molar-refractivity contribution in [2.45, 2.75) is 32.2 Å². The molecule has 1 aliphatic rings. The number of ether oxygens (including phenoxy) is 2. The maximum absolute atomic E-state index is 13.5. The Morgan fingerprint density at radius 2 is 1.78 bits per heavy atom. The van der Waals surface area contributed by atoms with E-state index in [1.807, 2.05) is 42.5 Å². The van der Waals surface area contributed by atoms with Crippen LogP contribution in [-0.4, -0.2) is 60.7 Å². The number of carbonyl (C=O) groups is 3. The second kappa shape index (κ2) is 12.2. The molecule has 1 fully saturated rings. The third-order valence-electron chi connectivity index (χ3n) is 6.43. The van der Waals surface area contributed by atoms with Gasteiger partial charge in [-0.25, -0.2) is 0 Å². The zero-order chi connectivity index (χ0) is 26.2. The van der Waals surface area contributed by atoms with Gasteiger partial charge in [0.1, 0.15) is 11.8 Å². The molecular formula is C28H31N3O6. The number of carbonyl (C=O) groups excluding carboxylic acids is 3. The fourth-order valence-corrected chi connectivity index (χ4v) is 4.37. The van der Waals surface area contributed by atoms with Gasteiger partial charge in [-0.2, -0.15) is 0 Å². The number of esters is 1. The maximum Gasteiger partial charge on any atom is 0.309 e. The Kier molecular flexibility index (Phi) is 8.56. The number of amides is 2. The minimum absolute atomic E-state index is 0.0812. The Morgan fingerprint density at radius 1 is 1.08 bits per heavy atom. The molecule has 37 heavy (non-hydrogen) atoms. The Hall–Kier alpha value is -4.14. The monoisotopic (exact) mass is 505 g/mol. The van der Waals surface area contributed by atoms with Gasteiger partial charge in [0.05, 0.1) is 19.6 Å². The summed E-state index contributed by atoms with van der Waals surface area (Å²) in [5.41, 5.74) is 1.74. The van der Waals surface area contributed by atoms with E-state index in [4.69, 9.17) is 14.0 Å². The first-order valence-corrected chi connectivity index (χ1v) is 12.4. The predicted molar refractivity (Wildman–Crippen MR) is 136 cm³/mol. The van der Waals surface area contributed by atoms with Crippen molar-refractivity contribution in [2.75, 3.05) is 26.8 Å². The van der Waals surface area contributed by atoms with Crippen LogP contribution in [0.2, 0.25) is 0 Å². The van der Waals surface area contributed by atoms with Crippen molar-refractivity contribution in [2.24, 2.45) is 5.92 Å². The summed E-state index contributed by atoms with van der Waals surface area (Å²) in [7, 11) is 1.58. The molecule has 0 radical (unpaired) electrons. The van der Waals surface area contributed by atoms with Crippen LogP contribution < -0.4 is 10.1 Å². The summed E-state index contributed by atoms with van der Waals surface area (Å²) in [6.07, 6.45) is 1.39. The summed E-state index contributed by atoms with van der Waals surface area (Å²) in [6, 6.07) is 17.5. The van der Waals surface area contributed by atoms with E-state index in [0.29, 0.717) is 50.5 Å². The molecule has 1 atom stereocenters. The quantitative estimate of drug-likeness (QED) is 0.443. The summed E-state index contributed by atoms with van der Waals surface area (Å²) in [5, 5.41) is 6.77. The van der Waals surface area contributed by atoms with Crippen molar-refractivity contribution in [1.29, 1.82) is 0 Å². The lowest BCUT2D eigenvalue weighted by Gasteiger charge is -2.33. The van der Waals surface area contributed by atoms with Crippen LogP contribution in [0.1, 0.15) is 35.8 Å². The van der Waals surface area contributed by atoms with Gasteiger partial charge in [-0.15, -0.1) is 0 Å². The molecule has 0 aliphatic carbocycles. The fraction of sp³-hybridized carbons (Fsp3) is 0.357.